The van der Waals surface area contributed by atoms with Gasteiger partial charge in [-0.15, -0.1) is 0 Å². The lowest BCUT2D eigenvalue weighted by atomic mass is 9.94. The first-order valence-corrected chi connectivity index (χ1v) is 8.24. The fraction of sp³-hybridized carbons (Fsp3) is 0.333. The van der Waals surface area contributed by atoms with Gasteiger partial charge in [-0.3, -0.25) is 0 Å². The SMILES string of the molecule is O[C@H]1CC(c2cccc(C3CC3)c2)Oc2cc(Br)ccc21. The van der Waals surface area contributed by atoms with Crippen molar-refractivity contribution in [2.75, 3.05) is 0 Å². The molecule has 0 aromatic heterocycles. The molecular formula is C18H17BrO2. The van der Waals surface area contributed by atoms with Gasteiger partial charge in [-0.1, -0.05) is 46.3 Å². The van der Waals surface area contributed by atoms with Crippen LogP contribution in [0.25, 0.3) is 0 Å². The van der Waals surface area contributed by atoms with Gasteiger partial charge < -0.3 is 9.84 Å². The number of aliphatic hydroxyl groups excluding tert-OH is 1. The van der Waals surface area contributed by atoms with E-state index in [2.05, 4.69) is 40.2 Å². The van der Waals surface area contributed by atoms with Gasteiger partial charge in [0.05, 0.1) is 6.10 Å². The first-order valence-electron chi connectivity index (χ1n) is 7.45. The largest absolute Gasteiger partial charge is 0.485 e. The van der Waals surface area contributed by atoms with Gasteiger partial charge in [-0.05, 0) is 42.0 Å². The van der Waals surface area contributed by atoms with E-state index in [1.807, 2.05) is 18.2 Å². The second-order valence-electron chi connectivity index (χ2n) is 5.98. The summed E-state index contributed by atoms with van der Waals surface area (Å²) in [5.41, 5.74) is 3.46. The van der Waals surface area contributed by atoms with E-state index < -0.39 is 6.10 Å². The Morgan fingerprint density at radius 1 is 1.05 bits per heavy atom. The molecule has 1 fully saturated rings. The molecule has 2 aromatic carbocycles. The van der Waals surface area contributed by atoms with Gasteiger partial charge in [0.15, 0.2) is 0 Å². The van der Waals surface area contributed by atoms with Crippen LogP contribution in [0.15, 0.2) is 46.9 Å². The lowest BCUT2D eigenvalue weighted by Crippen LogP contribution is -2.19. The molecule has 2 aliphatic rings. The molecule has 0 bridgehead atoms. The van der Waals surface area contributed by atoms with E-state index in [-0.39, 0.29) is 6.10 Å². The summed E-state index contributed by atoms with van der Waals surface area (Å²) >= 11 is 3.46. The van der Waals surface area contributed by atoms with Crippen LogP contribution in [0.1, 0.15) is 54.1 Å². The van der Waals surface area contributed by atoms with E-state index >= 15 is 0 Å². The zero-order valence-corrected chi connectivity index (χ0v) is 13.2. The van der Waals surface area contributed by atoms with Gasteiger partial charge in [0.25, 0.3) is 0 Å². The van der Waals surface area contributed by atoms with Crippen LogP contribution in [-0.4, -0.2) is 5.11 Å². The fourth-order valence-corrected chi connectivity index (χ4v) is 3.39. The Bertz CT molecular complexity index is 679. The van der Waals surface area contributed by atoms with Crippen molar-refractivity contribution in [3.63, 3.8) is 0 Å². The van der Waals surface area contributed by atoms with Gasteiger partial charge in [-0.2, -0.15) is 0 Å². The lowest BCUT2D eigenvalue weighted by Gasteiger charge is -2.30. The van der Waals surface area contributed by atoms with Crippen molar-refractivity contribution < 1.29 is 9.84 Å². The van der Waals surface area contributed by atoms with Crippen molar-refractivity contribution in [2.24, 2.45) is 0 Å². The number of rotatable bonds is 2. The first kappa shape index (κ1) is 13.4. The smallest absolute Gasteiger partial charge is 0.127 e. The van der Waals surface area contributed by atoms with Gasteiger partial charge in [0, 0.05) is 16.5 Å². The molecule has 3 heteroatoms. The van der Waals surface area contributed by atoms with E-state index in [1.165, 1.54) is 24.0 Å². The van der Waals surface area contributed by atoms with Gasteiger partial charge in [-0.25, -0.2) is 0 Å². The Hall–Kier alpha value is -1.32. The van der Waals surface area contributed by atoms with Crippen LogP contribution in [-0.2, 0) is 0 Å². The average molecular weight is 345 g/mol. The highest BCUT2D eigenvalue weighted by molar-refractivity contribution is 9.10. The Morgan fingerprint density at radius 2 is 1.86 bits per heavy atom. The molecule has 1 saturated carbocycles. The van der Waals surface area contributed by atoms with Gasteiger partial charge in [0.2, 0.25) is 0 Å². The maximum absolute atomic E-state index is 10.4. The van der Waals surface area contributed by atoms with E-state index in [4.69, 9.17) is 4.74 Å². The molecule has 108 valence electrons. The molecule has 2 atom stereocenters. The highest BCUT2D eigenvalue weighted by Gasteiger charge is 2.29. The van der Waals surface area contributed by atoms with Crippen molar-refractivity contribution in [1.82, 2.24) is 0 Å². The molecule has 0 spiro atoms. The first-order chi connectivity index (χ1) is 10.2. The van der Waals surface area contributed by atoms with Crippen LogP contribution in [0.4, 0.5) is 0 Å². The third-order valence-electron chi connectivity index (χ3n) is 4.37. The predicted octanol–water partition coefficient (Wildman–Crippen LogP) is 4.88. The summed E-state index contributed by atoms with van der Waals surface area (Å²) in [7, 11) is 0. The molecule has 1 heterocycles. The number of ether oxygens (including phenoxy) is 1. The maximum Gasteiger partial charge on any atom is 0.127 e. The molecule has 2 nitrogen and oxygen atoms in total. The molecule has 1 aliphatic heterocycles. The minimum absolute atomic E-state index is 0.0690. The summed E-state index contributed by atoms with van der Waals surface area (Å²) in [4.78, 5) is 0. The van der Waals surface area contributed by atoms with Crippen LogP contribution < -0.4 is 4.74 Å². The molecular weight excluding hydrogens is 328 g/mol. The summed E-state index contributed by atoms with van der Waals surface area (Å²) in [5.74, 6) is 1.52. The molecule has 1 unspecified atom stereocenters. The molecule has 0 saturated heterocycles. The molecule has 1 aliphatic carbocycles. The van der Waals surface area contributed by atoms with E-state index in [9.17, 15) is 5.11 Å². The number of halogens is 1. The topological polar surface area (TPSA) is 29.5 Å². The molecule has 21 heavy (non-hydrogen) atoms. The maximum atomic E-state index is 10.4. The third kappa shape index (κ3) is 2.60. The molecule has 2 aromatic rings. The standard InChI is InChI=1S/C18H17BrO2/c19-14-6-7-15-16(20)10-17(21-18(15)9-14)13-3-1-2-12(8-13)11-4-5-11/h1-3,6-9,11,16-17,20H,4-5,10H2/t16-,17?/m0/s1. The summed E-state index contributed by atoms with van der Waals surface area (Å²) in [6, 6.07) is 14.5. The van der Waals surface area contributed by atoms with Crippen LogP contribution in [0.2, 0.25) is 0 Å². The summed E-state index contributed by atoms with van der Waals surface area (Å²) in [5, 5.41) is 10.4. The monoisotopic (exact) mass is 344 g/mol. The Labute approximate surface area is 132 Å². The molecule has 1 N–H and O–H groups in total. The van der Waals surface area contributed by atoms with E-state index in [1.54, 1.807) is 0 Å². The summed E-state index contributed by atoms with van der Waals surface area (Å²) in [6.07, 6.45) is 2.68. The van der Waals surface area contributed by atoms with Crippen molar-refractivity contribution >= 4 is 15.9 Å². The number of benzene rings is 2. The van der Waals surface area contributed by atoms with Crippen LogP contribution in [0.5, 0.6) is 5.75 Å². The van der Waals surface area contributed by atoms with Crippen LogP contribution in [0.3, 0.4) is 0 Å². The second-order valence-corrected chi connectivity index (χ2v) is 6.90. The molecule has 4 rings (SSSR count). The Balaban J connectivity index is 1.66. The van der Waals surface area contributed by atoms with E-state index in [0.717, 1.165) is 21.7 Å². The number of aliphatic hydroxyl groups is 1. The van der Waals surface area contributed by atoms with Crippen molar-refractivity contribution in [2.45, 2.75) is 37.4 Å². The lowest BCUT2D eigenvalue weighted by molar-refractivity contribution is 0.0656. The highest BCUT2D eigenvalue weighted by Crippen LogP contribution is 2.44. The highest BCUT2D eigenvalue weighted by atomic mass is 79.9. The Morgan fingerprint density at radius 3 is 2.67 bits per heavy atom. The van der Waals surface area contributed by atoms with Crippen LogP contribution in [0, 0.1) is 0 Å². The quantitative estimate of drug-likeness (QED) is 0.840. The van der Waals surface area contributed by atoms with Gasteiger partial charge in [0.1, 0.15) is 11.9 Å². The van der Waals surface area contributed by atoms with Crippen molar-refractivity contribution in [1.29, 1.82) is 0 Å². The molecule has 0 amide bonds. The third-order valence-corrected chi connectivity index (χ3v) is 4.87. The number of fused-ring (bicyclic) bond motifs is 1. The van der Waals surface area contributed by atoms with Crippen molar-refractivity contribution in [3.8, 4) is 5.75 Å². The summed E-state index contributed by atoms with van der Waals surface area (Å²) in [6.45, 7) is 0. The van der Waals surface area contributed by atoms with Crippen LogP contribution >= 0.6 is 15.9 Å². The number of hydrogen-bond donors (Lipinski definition) is 1. The predicted molar refractivity (Wildman–Crippen MR) is 85.5 cm³/mol. The number of hydrogen-bond acceptors (Lipinski definition) is 2. The zero-order chi connectivity index (χ0) is 14.4. The zero-order valence-electron chi connectivity index (χ0n) is 11.6. The van der Waals surface area contributed by atoms with Crippen molar-refractivity contribution in [3.05, 3.63) is 63.6 Å². The van der Waals surface area contributed by atoms with E-state index in [0.29, 0.717) is 6.42 Å². The normalized spacial score (nSPS) is 24.3. The fourth-order valence-electron chi connectivity index (χ4n) is 3.05. The minimum Gasteiger partial charge on any atom is -0.485 e. The average Bonchev–Trinajstić information content (AvgIpc) is 3.31. The summed E-state index contributed by atoms with van der Waals surface area (Å²) < 4.78 is 7.11. The Kier molecular flexibility index (Phi) is 3.27. The minimum atomic E-state index is -0.462. The molecule has 0 radical (unpaired) electrons. The second kappa shape index (κ2) is 5.15. The van der Waals surface area contributed by atoms with Gasteiger partial charge >= 0.3 is 0 Å².